The molecule has 1 amide bonds. The van der Waals surface area contributed by atoms with Gasteiger partial charge >= 0.3 is 0 Å². The van der Waals surface area contributed by atoms with Crippen molar-refractivity contribution >= 4 is 11.6 Å². The van der Waals surface area contributed by atoms with Crippen molar-refractivity contribution < 1.29 is 19.4 Å². The number of amides is 1. The van der Waals surface area contributed by atoms with Gasteiger partial charge in [0.1, 0.15) is 11.5 Å². The van der Waals surface area contributed by atoms with Crippen LogP contribution in [-0.4, -0.2) is 36.0 Å². The summed E-state index contributed by atoms with van der Waals surface area (Å²) in [5, 5.41) is 16.9. The van der Waals surface area contributed by atoms with Gasteiger partial charge in [-0.05, 0) is 30.7 Å². The molecule has 0 saturated heterocycles. The van der Waals surface area contributed by atoms with Crippen molar-refractivity contribution in [2.45, 2.75) is 25.5 Å². The van der Waals surface area contributed by atoms with Crippen LogP contribution in [0.25, 0.3) is 0 Å². The van der Waals surface area contributed by atoms with Gasteiger partial charge in [0.25, 0.3) is 5.91 Å². The molecule has 1 aliphatic heterocycles. The summed E-state index contributed by atoms with van der Waals surface area (Å²) in [6.07, 6.45) is 0.908. The fourth-order valence-electron chi connectivity index (χ4n) is 3.05. The number of para-hydroxylation sites is 1. The van der Waals surface area contributed by atoms with E-state index < -0.39 is 11.6 Å². The van der Waals surface area contributed by atoms with Crippen LogP contribution in [0.2, 0.25) is 0 Å². The number of carbonyl (C=O) groups excluding carboxylic acids is 1. The third-order valence-electron chi connectivity index (χ3n) is 4.53. The van der Waals surface area contributed by atoms with Gasteiger partial charge in [0.2, 0.25) is 0 Å². The van der Waals surface area contributed by atoms with Crippen LogP contribution < -0.4 is 9.47 Å². The van der Waals surface area contributed by atoms with Crippen LogP contribution in [0.3, 0.4) is 0 Å². The number of rotatable bonds is 5. The summed E-state index contributed by atoms with van der Waals surface area (Å²) in [6.45, 7) is 1.95. The average Bonchev–Trinajstić information content (AvgIpc) is 3.05. The zero-order chi connectivity index (χ0) is 18.7. The number of carbonyl (C=O) groups is 1. The molecule has 2 aromatic carbocycles. The Hall–Kier alpha value is -2.86. The maximum Gasteiger partial charge on any atom is 0.280 e. The number of nitrogens with zero attached hydrogens (tertiary/aromatic N) is 2. The first kappa shape index (κ1) is 17.9. The van der Waals surface area contributed by atoms with E-state index >= 15 is 0 Å². The first-order valence-corrected chi connectivity index (χ1v) is 8.44. The van der Waals surface area contributed by atoms with Crippen LogP contribution >= 0.6 is 0 Å². The van der Waals surface area contributed by atoms with Crippen molar-refractivity contribution in [2.75, 3.05) is 14.2 Å². The standard InChI is InChI=1S/C20H22N2O4/c1-4-15-13-20(24,14-9-11-16(25-2)12-10-14)22(21-15)19(23)17-7-5-6-8-18(17)26-3/h5-12,24H,4,13H2,1-3H3/t20-/m1/s1. The van der Waals surface area contributed by atoms with Crippen molar-refractivity contribution in [1.29, 1.82) is 0 Å². The fourth-order valence-corrected chi connectivity index (χ4v) is 3.05. The molecule has 26 heavy (non-hydrogen) atoms. The summed E-state index contributed by atoms with van der Waals surface area (Å²) in [7, 11) is 3.08. The smallest absolute Gasteiger partial charge is 0.280 e. The van der Waals surface area contributed by atoms with Crippen LogP contribution in [0.1, 0.15) is 35.7 Å². The first-order chi connectivity index (χ1) is 12.5. The first-order valence-electron chi connectivity index (χ1n) is 8.44. The molecular formula is C20H22N2O4. The highest BCUT2D eigenvalue weighted by Crippen LogP contribution is 2.38. The van der Waals surface area contributed by atoms with E-state index in [0.717, 1.165) is 10.7 Å². The number of ether oxygens (including phenoxy) is 2. The minimum Gasteiger partial charge on any atom is -0.497 e. The molecule has 6 heteroatoms. The van der Waals surface area contributed by atoms with E-state index in [1.165, 1.54) is 7.11 Å². The van der Waals surface area contributed by atoms with Crippen molar-refractivity contribution in [3.63, 3.8) is 0 Å². The Balaban J connectivity index is 2.03. The van der Waals surface area contributed by atoms with E-state index in [2.05, 4.69) is 5.10 Å². The lowest BCUT2D eigenvalue weighted by Crippen LogP contribution is -2.43. The van der Waals surface area contributed by atoms with Crippen LogP contribution in [0.5, 0.6) is 11.5 Å². The largest absolute Gasteiger partial charge is 0.497 e. The highest BCUT2D eigenvalue weighted by atomic mass is 16.5. The molecule has 1 N–H and O–H groups in total. The van der Waals surface area contributed by atoms with E-state index in [-0.39, 0.29) is 6.42 Å². The molecule has 0 unspecified atom stereocenters. The van der Waals surface area contributed by atoms with Crippen LogP contribution in [-0.2, 0) is 5.72 Å². The van der Waals surface area contributed by atoms with Gasteiger partial charge in [-0.25, -0.2) is 0 Å². The monoisotopic (exact) mass is 354 g/mol. The Bertz CT molecular complexity index is 832. The second kappa shape index (κ2) is 7.17. The van der Waals surface area contributed by atoms with Crippen LogP contribution in [0, 0.1) is 0 Å². The molecule has 2 aromatic rings. The summed E-state index contributed by atoms with van der Waals surface area (Å²) in [4.78, 5) is 13.2. The highest BCUT2D eigenvalue weighted by molar-refractivity contribution is 6.00. The van der Waals surface area contributed by atoms with E-state index in [0.29, 0.717) is 29.0 Å². The molecule has 0 aliphatic carbocycles. The second-order valence-corrected chi connectivity index (χ2v) is 6.06. The van der Waals surface area contributed by atoms with Gasteiger partial charge in [-0.1, -0.05) is 31.2 Å². The van der Waals surface area contributed by atoms with Gasteiger partial charge in [-0.2, -0.15) is 10.1 Å². The molecule has 0 saturated carbocycles. The summed E-state index contributed by atoms with van der Waals surface area (Å²) in [6, 6.07) is 13.9. The Labute approximate surface area is 152 Å². The number of hydrazone groups is 1. The molecule has 1 aliphatic rings. The minimum absolute atomic E-state index is 0.261. The molecule has 1 heterocycles. The fraction of sp³-hybridized carbons (Fsp3) is 0.300. The molecule has 136 valence electrons. The summed E-state index contributed by atoms with van der Waals surface area (Å²) >= 11 is 0. The zero-order valence-electron chi connectivity index (χ0n) is 15.1. The van der Waals surface area contributed by atoms with Gasteiger partial charge in [0, 0.05) is 17.7 Å². The topological polar surface area (TPSA) is 71.4 Å². The van der Waals surface area contributed by atoms with Crippen molar-refractivity contribution in [3.05, 3.63) is 59.7 Å². The molecule has 0 spiro atoms. The zero-order valence-corrected chi connectivity index (χ0v) is 15.1. The molecule has 6 nitrogen and oxygen atoms in total. The predicted molar refractivity (Wildman–Crippen MR) is 98.4 cm³/mol. The highest BCUT2D eigenvalue weighted by Gasteiger charge is 2.46. The minimum atomic E-state index is -1.55. The molecule has 0 aromatic heterocycles. The molecule has 0 radical (unpaired) electrons. The van der Waals surface area contributed by atoms with E-state index in [9.17, 15) is 9.90 Å². The van der Waals surface area contributed by atoms with E-state index in [4.69, 9.17) is 9.47 Å². The average molecular weight is 354 g/mol. The normalized spacial score (nSPS) is 19.2. The summed E-state index contributed by atoms with van der Waals surface area (Å²) in [5.41, 5.74) is 0.138. The third kappa shape index (κ3) is 3.04. The Kier molecular flexibility index (Phi) is 4.95. The van der Waals surface area contributed by atoms with Gasteiger partial charge in [-0.3, -0.25) is 4.79 Å². The van der Waals surface area contributed by atoms with Gasteiger partial charge in [0.15, 0.2) is 5.72 Å². The maximum absolute atomic E-state index is 13.2. The van der Waals surface area contributed by atoms with E-state index in [1.54, 1.807) is 55.6 Å². The molecular weight excluding hydrogens is 332 g/mol. The summed E-state index contributed by atoms with van der Waals surface area (Å²) in [5.74, 6) is 0.702. The third-order valence-corrected chi connectivity index (χ3v) is 4.53. The SMILES string of the molecule is CCC1=NN(C(=O)c2ccccc2OC)[C@](O)(c2ccc(OC)cc2)C1. The second-order valence-electron chi connectivity index (χ2n) is 6.06. The number of hydrogen-bond acceptors (Lipinski definition) is 5. The number of hydrogen-bond donors (Lipinski definition) is 1. The lowest BCUT2D eigenvalue weighted by Gasteiger charge is -2.32. The maximum atomic E-state index is 13.2. The molecule has 3 rings (SSSR count). The van der Waals surface area contributed by atoms with Crippen LogP contribution in [0.4, 0.5) is 0 Å². The van der Waals surface area contributed by atoms with Gasteiger partial charge in [-0.15, -0.1) is 0 Å². The quantitative estimate of drug-likeness (QED) is 0.895. The summed E-state index contributed by atoms with van der Waals surface area (Å²) < 4.78 is 10.5. The molecule has 1 atom stereocenters. The van der Waals surface area contributed by atoms with Crippen molar-refractivity contribution in [3.8, 4) is 11.5 Å². The van der Waals surface area contributed by atoms with Crippen LogP contribution in [0.15, 0.2) is 53.6 Å². The van der Waals surface area contributed by atoms with E-state index in [1.807, 2.05) is 6.92 Å². The Morgan fingerprint density at radius 2 is 1.85 bits per heavy atom. The number of benzene rings is 2. The van der Waals surface area contributed by atoms with Gasteiger partial charge in [0.05, 0.1) is 19.8 Å². The lowest BCUT2D eigenvalue weighted by atomic mass is 9.96. The molecule has 0 bridgehead atoms. The van der Waals surface area contributed by atoms with Crippen molar-refractivity contribution in [2.24, 2.45) is 5.10 Å². The van der Waals surface area contributed by atoms with Gasteiger partial charge < -0.3 is 14.6 Å². The lowest BCUT2D eigenvalue weighted by molar-refractivity contribution is -0.0766. The number of methoxy groups -OCH3 is 2. The Morgan fingerprint density at radius 3 is 2.46 bits per heavy atom. The van der Waals surface area contributed by atoms with Crippen molar-refractivity contribution in [1.82, 2.24) is 5.01 Å². The number of aliphatic hydroxyl groups is 1. The Morgan fingerprint density at radius 1 is 1.15 bits per heavy atom. The predicted octanol–water partition coefficient (Wildman–Crippen LogP) is 3.16. The molecule has 0 fully saturated rings.